The van der Waals surface area contributed by atoms with Gasteiger partial charge in [0.25, 0.3) is 5.91 Å². The van der Waals surface area contributed by atoms with Crippen LogP contribution in [0, 0.1) is 0 Å². The van der Waals surface area contributed by atoms with Gasteiger partial charge in [0.1, 0.15) is 5.69 Å². The minimum Gasteiger partial charge on any atom is -0.341 e. The molecular formula is C14H14BrClN2O. The topological polar surface area (TPSA) is 34.0 Å². The van der Waals surface area contributed by atoms with Crippen molar-refractivity contribution >= 4 is 39.1 Å². The van der Waals surface area contributed by atoms with E-state index in [9.17, 15) is 4.79 Å². The number of hydrogen-bond donors (Lipinski definition) is 1. The Morgan fingerprint density at radius 1 is 1.37 bits per heavy atom. The molecule has 1 aromatic carbocycles. The van der Waals surface area contributed by atoms with Crippen LogP contribution in [0.25, 0.3) is 0 Å². The molecule has 0 atom stereocenters. The lowest BCUT2D eigenvalue weighted by Gasteiger charge is -2.13. The molecule has 0 saturated heterocycles. The van der Waals surface area contributed by atoms with Crippen molar-refractivity contribution in [3.8, 4) is 0 Å². The van der Waals surface area contributed by atoms with Crippen molar-refractivity contribution in [1.82, 2.24) is 4.57 Å². The van der Waals surface area contributed by atoms with E-state index in [0.717, 1.165) is 4.47 Å². The van der Waals surface area contributed by atoms with Crippen molar-refractivity contribution in [1.29, 1.82) is 0 Å². The van der Waals surface area contributed by atoms with Crippen LogP contribution in [0.15, 0.2) is 41.0 Å². The maximum absolute atomic E-state index is 12.2. The van der Waals surface area contributed by atoms with Gasteiger partial charge in [-0.05, 0) is 60.1 Å². The molecule has 1 amide bonds. The zero-order valence-electron chi connectivity index (χ0n) is 10.7. The lowest BCUT2D eigenvalue weighted by Crippen LogP contribution is -2.17. The van der Waals surface area contributed by atoms with E-state index in [-0.39, 0.29) is 11.9 Å². The van der Waals surface area contributed by atoms with Gasteiger partial charge in [-0.15, -0.1) is 0 Å². The smallest absolute Gasteiger partial charge is 0.272 e. The molecule has 1 heterocycles. The third-order valence-electron chi connectivity index (χ3n) is 2.75. The average Bonchev–Trinajstić information content (AvgIpc) is 2.83. The number of halogens is 2. The first-order valence-corrected chi connectivity index (χ1v) is 7.09. The normalized spacial score (nSPS) is 10.8. The number of carbonyl (C=O) groups excluding carboxylic acids is 1. The molecule has 19 heavy (non-hydrogen) atoms. The van der Waals surface area contributed by atoms with Gasteiger partial charge < -0.3 is 9.88 Å². The number of benzene rings is 1. The fourth-order valence-electron chi connectivity index (χ4n) is 1.81. The minimum absolute atomic E-state index is 0.142. The number of carbonyl (C=O) groups is 1. The second-order valence-electron chi connectivity index (χ2n) is 4.48. The number of aromatic nitrogens is 1. The first-order chi connectivity index (χ1) is 8.99. The molecule has 0 aliphatic rings. The van der Waals surface area contributed by atoms with Gasteiger partial charge in [-0.2, -0.15) is 0 Å². The molecule has 5 heteroatoms. The Morgan fingerprint density at radius 2 is 2.11 bits per heavy atom. The summed E-state index contributed by atoms with van der Waals surface area (Å²) in [6.45, 7) is 4.07. The lowest BCUT2D eigenvalue weighted by molar-refractivity contribution is 0.101. The summed E-state index contributed by atoms with van der Waals surface area (Å²) >= 11 is 9.32. The first kappa shape index (κ1) is 14.2. The Labute approximate surface area is 125 Å². The van der Waals surface area contributed by atoms with Crippen LogP contribution in [-0.4, -0.2) is 10.5 Å². The third kappa shape index (κ3) is 3.19. The molecule has 0 saturated carbocycles. The number of rotatable bonds is 3. The van der Waals surface area contributed by atoms with Crippen LogP contribution >= 0.6 is 27.5 Å². The highest BCUT2D eigenvalue weighted by Gasteiger charge is 2.13. The summed E-state index contributed by atoms with van der Waals surface area (Å²) < 4.78 is 2.73. The summed E-state index contributed by atoms with van der Waals surface area (Å²) in [5.74, 6) is -0.142. The van der Waals surface area contributed by atoms with Crippen molar-refractivity contribution in [2.24, 2.45) is 0 Å². The molecule has 2 aromatic rings. The van der Waals surface area contributed by atoms with Crippen LogP contribution < -0.4 is 5.32 Å². The van der Waals surface area contributed by atoms with Crippen molar-refractivity contribution in [2.45, 2.75) is 19.9 Å². The molecule has 0 spiro atoms. The van der Waals surface area contributed by atoms with Gasteiger partial charge in [0.05, 0.1) is 5.02 Å². The van der Waals surface area contributed by atoms with E-state index in [2.05, 4.69) is 21.2 Å². The predicted octanol–water partition coefficient (Wildman–Crippen LogP) is 4.74. The summed E-state index contributed by atoms with van der Waals surface area (Å²) in [5, 5.41) is 3.41. The third-order valence-corrected chi connectivity index (χ3v) is 3.98. The number of amides is 1. The summed E-state index contributed by atoms with van der Waals surface area (Å²) in [5.41, 5.74) is 1.31. The number of anilines is 1. The number of nitrogens with one attached hydrogen (secondary N) is 1. The molecule has 1 aromatic heterocycles. The van der Waals surface area contributed by atoms with Crippen molar-refractivity contribution in [2.75, 3.05) is 5.32 Å². The molecule has 0 radical (unpaired) electrons. The van der Waals surface area contributed by atoms with E-state index in [1.807, 2.05) is 30.7 Å². The predicted molar refractivity (Wildman–Crippen MR) is 81.9 cm³/mol. The first-order valence-electron chi connectivity index (χ1n) is 5.92. The fraction of sp³-hybridized carbons (Fsp3) is 0.214. The molecule has 0 unspecified atom stereocenters. The molecule has 0 fully saturated rings. The van der Waals surface area contributed by atoms with E-state index in [1.54, 1.807) is 24.3 Å². The van der Waals surface area contributed by atoms with E-state index in [1.165, 1.54) is 0 Å². The van der Waals surface area contributed by atoms with Crippen LogP contribution in [0.5, 0.6) is 0 Å². The van der Waals surface area contributed by atoms with E-state index < -0.39 is 0 Å². The maximum atomic E-state index is 12.2. The van der Waals surface area contributed by atoms with Crippen LogP contribution in [0.4, 0.5) is 5.69 Å². The van der Waals surface area contributed by atoms with Crippen LogP contribution in [0.1, 0.15) is 30.4 Å². The van der Waals surface area contributed by atoms with Crippen LogP contribution in [0.3, 0.4) is 0 Å². The largest absolute Gasteiger partial charge is 0.341 e. The molecule has 100 valence electrons. The zero-order chi connectivity index (χ0) is 14.0. The maximum Gasteiger partial charge on any atom is 0.272 e. The van der Waals surface area contributed by atoms with Gasteiger partial charge in [0.2, 0.25) is 0 Å². The molecule has 1 N–H and O–H groups in total. The Bertz CT molecular complexity index is 607. The van der Waals surface area contributed by atoms with Crippen molar-refractivity contribution in [3.05, 3.63) is 51.7 Å². The second kappa shape index (κ2) is 5.80. The SMILES string of the molecule is CC(C)n1cccc1C(=O)Nc1ccc(Br)c(Cl)c1. The quantitative estimate of drug-likeness (QED) is 0.860. The summed E-state index contributed by atoms with van der Waals surface area (Å²) in [7, 11) is 0. The number of nitrogens with zero attached hydrogens (tertiary/aromatic N) is 1. The Hall–Kier alpha value is -1.26. The molecule has 0 aliphatic carbocycles. The monoisotopic (exact) mass is 340 g/mol. The molecule has 2 rings (SSSR count). The van der Waals surface area contributed by atoms with Gasteiger partial charge in [0.15, 0.2) is 0 Å². The Balaban J connectivity index is 2.21. The summed E-state index contributed by atoms with van der Waals surface area (Å²) in [4.78, 5) is 12.2. The van der Waals surface area contributed by atoms with Gasteiger partial charge in [-0.25, -0.2) is 0 Å². The van der Waals surface area contributed by atoms with Crippen LogP contribution in [-0.2, 0) is 0 Å². The van der Waals surface area contributed by atoms with Crippen molar-refractivity contribution in [3.63, 3.8) is 0 Å². The van der Waals surface area contributed by atoms with E-state index in [0.29, 0.717) is 16.4 Å². The molecular weight excluding hydrogens is 328 g/mol. The fourth-order valence-corrected chi connectivity index (χ4v) is 2.23. The van der Waals surface area contributed by atoms with E-state index in [4.69, 9.17) is 11.6 Å². The molecule has 0 aliphatic heterocycles. The highest BCUT2D eigenvalue weighted by atomic mass is 79.9. The van der Waals surface area contributed by atoms with E-state index >= 15 is 0 Å². The number of hydrogen-bond acceptors (Lipinski definition) is 1. The van der Waals surface area contributed by atoms with Crippen molar-refractivity contribution < 1.29 is 4.79 Å². The highest BCUT2D eigenvalue weighted by Crippen LogP contribution is 2.25. The zero-order valence-corrected chi connectivity index (χ0v) is 13.0. The summed E-state index contributed by atoms with van der Waals surface area (Å²) in [6.07, 6.45) is 1.90. The Morgan fingerprint density at radius 3 is 2.74 bits per heavy atom. The Kier molecular flexibility index (Phi) is 4.32. The lowest BCUT2D eigenvalue weighted by atomic mass is 10.3. The second-order valence-corrected chi connectivity index (χ2v) is 5.74. The van der Waals surface area contributed by atoms with Gasteiger partial charge in [-0.3, -0.25) is 4.79 Å². The van der Waals surface area contributed by atoms with Gasteiger partial charge >= 0.3 is 0 Å². The van der Waals surface area contributed by atoms with Gasteiger partial charge in [0, 0.05) is 22.4 Å². The highest BCUT2D eigenvalue weighted by molar-refractivity contribution is 9.10. The summed E-state index contributed by atoms with van der Waals surface area (Å²) in [6, 6.07) is 9.23. The molecule has 0 bridgehead atoms. The standard InChI is InChI=1S/C14H14BrClN2O/c1-9(2)18-7-3-4-13(18)14(19)17-10-5-6-11(15)12(16)8-10/h3-9H,1-2H3,(H,17,19). The van der Waals surface area contributed by atoms with Crippen LogP contribution in [0.2, 0.25) is 5.02 Å². The average molecular weight is 342 g/mol. The molecule has 3 nitrogen and oxygen atoms in total. The minimum atomic E-state index is -0.142. The van der Waals surface area contributed by atoms with Gasteiger partial charge in [-0.1, -0.05) is 11.6 Å².